The molecule has 1 atom stereocenters. The standard InChI is InChI=1S/C25H31N7O/c1-18-10-7-8-14-23(18)33-19(2)17-30-25(28-3)29-15-9-13-22-21(16-26)24(27)32(31-22)20-11-5-4-6-12-20/h4-8,10-12,14,19H,9,13,15,17,27H2,1-3H3,(H2,28,29,30). The van der Waals surface area contributed by atoms with Gasteiger partial charge in [-0.2, -0.15) is 10.4 Å². The van der Waals surface area contributed by atoms with Crippen molar-refractivity contribution in [1.82, 2.24) is 20.4 Å². The maximum atomic E-state index is 9.55. The molecule has 2 aromatic carbocycles. The Hall–Kier alpha value is -3.99. The molecule has 0 amide bonds. The van der Waals surface area contributed by atoms with Crippen LogP contribution in [-0.4, -0.2) is 42.0 Å². The van der Waals surface area contributed by atoms with Crippen molar-refractivity contribution in [2.45, 2.75) is 32.8 Å². The van der Waals surface area contributed by atoms with Crippen LogP contribution in [0.2, 0.25) is 0 Å². The smallest absolute Gasteiger partial charge is 0.191 e. The Kier molecular flexibility index (Phi) is 8.30. The van der Waals surface area contributed by atoms with Gasteiger partial charge in [-0.05, 0) is 50.5 Å². The first-order valence-electron chi connectivity index (χ1n) is 11.0. The van der Waals surface area contributed by atoms with Crippen molar-refractivity contribution in [2.75, 3.05) is 25.9 Å². The summed E-state index contributed by atoms with van der Waals surface area (Å²) in [6.45, 7) is 5.34. The van der Waals surface area contributed by atoms with Crippen LogP contribution in [0.1, 0.15) is 30.2 Å². The molecule has 0 bridgehead atoms. The first kappa shape index (κ1) is 23.7. The average Bonchev–Trinajstić information content (AvgIpc) is 3.15. The number of para-hydroxylation sites is 2. The lowest BCUT2D eigenvalue weighted by atomic mass is 10.1. The van der Waals surface area contributed by atoms with Crippen LogP contribution in [0.5, 0.6) is 5.75 Å². The summed E-state index contributed by atoms with van der Waals surface area (Å²) in [4.78, 5) is 4.27. The molecule has 8 nitrogen and oxygen atoms in total. The van der Waals surface area contributed by atoms with Crippen LogP contribution >= 0.6 is 0 Å². The van der Waals surface area contributed by atoms with Crippen LogP contribution in [-0.2, 0) is 6.42 Å². The summed E-state index contributed by atoms with van der Waals surface area (Å²) < 4.78 is 7.62. The normalized spacial score (nSPS) is 12.1. The van der Waals surface area contributed by atoms with Crippen LogP contribution < -0.4 is 21.1 Å². The van der Waals surface area contributed by atoms with E-state index >= 15 is 0 Å². The summed E-state index contributed by atoms with van der Waals surface area (Å²) in [5.41, 5.74) is 9.25. The Morgan fingerprint density at radius 3 is 2.61 bits per heavy atom. The van der Waals surface area contributed by atoms with Gasteiger partial charge in [-0.1, -0.05) is 36.4 Å². The molecule has 1 unspecified atom stereocenters. The predicted octanol–water partition coefficient (Wildman–Crippen LogP) is 3.20. The molecule has 1 heterocycles. The summed E-state index contributed by atoms with van der Waals surface area (Å²) in [5, 5.41) is 20.7. The lowest BCUT2D eigenvalue weighted by molar-refractivity contribution is 0.222. The number of nitrogens with zero attached hydrogens (tertiary/aromatic N) is 4. The Morgan fingerprint density at radius 1 is 1.18 bits per heavy atom. The molecule has 0 aliphatic heterocycles. The largest absolute Gasteiger partial charge is 0.489 e. The number of rotatable bonds is 9. The Bertz CT molecular complexity index is 1120. The number of aliphatic imine (C=N–C) groups is 1. The van der Waals surface area contributed by atoms with Gasteiger partial charge in [0.25, 0.3) is 0 Å². The Balaban J connectivity index is 1.48. The highest BCUT2D eigenvalue weighted by atomic mass is 16.5. The Morgan fingerprint density at radius 2 is 1.91 bits per heavy atom. The van der Waals surface area contributed by atoms with E-state index in [0.29, 0.717) is 42.5 Å². The zero-order valence-corrected chi connectivity index (χ0v) is 19.4. The van der Waals surface area contributed by atoms with E-state index in [2.05, 4.69) is 26.8 Å². The topological polar surface area (TPSA) is 113 Å². The van der Waals surface area contributed by atoms with E-state index in [9.17, 15) is 5.26 Å². The molecule has 0 saturated heterocycles. The maximum absolute atomic E-state index is 9.55. The highest BCUT2D eigenvalue weighted by Gasteiger charge is 2.16. The quantitative estimate of drug-likeness (QED) is 0.265. The zero-order valence-electron chi connectivity index (χ0n) is 19.4. The number of aryl methyl sites for hydroxylation is 2. The van der Waals surface area contributed by atoms with Crippen LogP contribution in [0.15, 0.2) is 59.6 Å². The summed E-state index contributed by atoms with van der Waals surface area (Å²) >= 11 is 0. The maximum Gasteiger partial charge on any atom is 0.191 e. The molecule has 33 heavy (non-hydrogen) atoms. The van der Waals surface area contributed by atoms with Crippen LogP contribution in [0.25, 0.3) is 5.69 Å². The Labute approximate surface area is 195 Å². The average molecular weight is 446 g/mol. The van der Waals surface area contributed by atoms with Gasteiger partial charge in [0.1, 0.15) is 29.3 Å². The molecular weight excluding hydrogens is 414 g/mol. The number of guanidine groups is 1. The monoisotopic (exact) mass is 445 g/mol. The van der Waals surface area contributed by atoms with Gasteiger partial charge in [0.05, 0.1) is 17.9 Å². The van der Waals surface area contributed by atoms with Crippen LogP contribution in [0.3, 0.4) is 0 Å². The lowest BCUT2D eigenvalue weighted by Crippen LogP contribution is -2.42. The molecular formula is C25H31N7O. The van der Waals surface area contributed by atoms with E-state index in [0.717, 1.165) is 23.4 Å². The van der Waals surface area contributed by atoms with Crippen molar-refractivity contribution in [2.24, 2.45) is 4.99 Å². The second-order valence-electron chi connectivity index (χ2n) is 7.74. The highest BCUT2D eigenvalue weighted by Crippen LogP contribution is 2.21. The van der Waals surface area contributed by atoms with Crippen molar-refractivity contribution in [3.05, 3.63) is 71.4 Å². The summed E-state index contributed by atoms with van der Waals surface area (Å²) in [6, 6.07) is 19.7. The minimum absolute atomic E-state index is 0.0206. The van der Waals surface area contributed by atoms with E-state index in [1.807, 2.05) is 68.4 Å². The van der Waals surface area contributed by atoms with E-state index in [1.165, 1.54) is 0 Å². The van der Waals surface area contributed by atoms with Gasteiger partial charge in [0, 0.05) is 13.6 Å². The number of ether oxygens (including phenoxy) is 1. The van der Waals surface area contributed by atoms with Gasteiger partial charge >= 0.3 is 0 Å². The first-order chi connectivity index (χ1) is 16.0. The highest BCUT2D eigenvalue weighted by molar-refractivity contribution is 5.79. The molecule has 0 aliphatic carbocycles. The minimum Gasteiger partial charge on any atom is -0.489 e. The van der Waals surface area contributed by atoms with Crippen molar-refractivity contribution in [1.29, 1.82) is 5.26 Å². The number of nitrogens with two attached hydrogens (primary N) is 1. The van der Waals surface area contributed by atoms with E-state index < -0.39 is 0 Å². The number of hydrogen-bond donors (Lipinski definition) is 3. The van der Waals surface area contributed by atoms with Crippen molar-refractivity contribution in [3.63, 3.8) is 0 Å². The fourth-order valence-corrected chi connectivity index (χ4v) is 3.41. The van der Waals surface area contributed by atoms with Gasteiger partial charge in [-0.3, -0.25) is 4.99 Å². The third kappa shape index (κ3) is 6.26. The molecule has 0 radical (unpaired) electrons. The number of nitrogens with one attached hydrogen (secondary N) is 2. The number of hydrogen-bond acceptors (Lipinski definition) is 5. The predicted molar refractivity (Wildman–Crippen MR) is 132 cm³/mol. The molecule has 4 N–H and O–H groups in total. The second-order valence-corrected chi connectivity index (χ2v) is 7.74. The SMILES string of the molecule is CN=C(NCCCc1nn(-c2ccccc2)c(N)c1C#N)NCC(C)Oc1ccccc1C. The zero-order chi connectivity index (χ0) is 23.6. The molecule has 0 saturated carbocycles. The molecule has 3 rings (SSSR count). The minimum atomic E-state index is -0.0206. The first-order valence-corrected chi connectivity index (χ1v) is 11.0. The van der Waals surface area contributed by atoms with Crippen LogP contribution in [0.4, 0.5) is 5.82 Å². The molecule has 8 heteroatoms. The van der Waals surface area contributed by atoms with Gasteiger partial charge in [0.15, 0.2) is 5.96 Å². The summed E-state index contributed by atoms with van der Waals surface area (Å²) in [6.07, 6.45) is 1.38. The van der Waals surface area contributed by atoms with E-state index in [1.54, 1.807) is 11.7 Å². The van der Waals surface area contributed by atoms with Gasteiger partial charge < -0.3 is 21.1 Å². The number of benzene rings is 2. The van der Waals surface area contributed by atoms with Crippen molar-refractivity contribution >= 4 is 11.8 Å². The van der Waals surface area contributed by atoms with Gasteiger partial charge in [-0.25, -0.2) is 4.68 Å². The number of aromatic nitrogens is 2. The van der Waals surface area contributed by atoms with Gasteiger partial charge in [-0.15, -0.1) is 0 Å². The molecule has 0 fully saturated rings. The second kappa shape index (κ2) is 11.6. The summed E-state index contributed by atoms with van der Waals surface area (Å²) in [7, 11) is 1.73. The number of nitriles is 1. The molecule has 0 aliphatic rings. The van der Waals surface area contributed by atoms with Crippen LogP contribution in [0, 0.1) is 18.3 Å². The fourth-order valence-electron chi connectivity index (χ4n) is 3.41. The van der Waals surface area contributed by atoms with E-state index in [4.69, 9.17) is 10.5 Å². The molecule has 0 spiro atoms. The third-order valence-electron chi connectivity index (χ3n) is 5.19. The lowest BCUT2D eigenvalue weighted by Gasteiger charge is -2.18. The molecule has 3 aromatic rings. The van der Waals surface area contributed by atoms with Gasteiger partial charge in [0.2, 0.25) is 0 Å². The molecule has 1 aromatic heterocycles. The van der Waals surface area contributed by atoms with E-state index in [-0.39, 0.29) is 6.10 Å². The molecule has 172 valence electrons. The van der Waals surface area contributed by atoms with Crippen molar-refractivity contribution in [3.8, 4) is 17.5 Å². The number of nitrogen functional groups attached to an aromatic ring is 1. The number of anilines is 1. The summed E-state index contributed by atoms with van der Waals surface area (Å²) in [5.74, 6) is 1.95. The van der Waals surface area contributed by atoms with Crippen molar-refractivity contribution < 1.29 is 4.74 Å². The fraction of sp³-hybridized carbons (Fsp3) is 0.320. The third-order valence-corrected chi connectivity index (χ3v) is 5.19.